The van der Waals surface area contributed by atoms with E-state index in [1.807, 2.05) is 36.0 Å². The minimum absolute atomic E-state index is 0.0547. The number of rotatable bonds is 4. The number of piperazine rings is 1. The van der Waals surface area contributed by atoms with Gasteiger partial charge >= 0.3 is 0 Å². The van der Waals surface area contributed by atoms with E-state index in [0.29, 0.717) is 19.5 Å². The van der Waals surface area contributed by atoms with Gasteiger partial charge in [-0.25, -0.2) is 0 Å². The largest absolute Gasteiger partial charge is 0.350 e. The first-order chi connectivity index (χ1) is 12.4. The van der Waals surface area contributed by atoms with Crippen molar-refractivity contribution in [3.8, 4) is 0 Å². The van der Waals surface area contributed by atoms with Gasteiger partial charge in [0.25, 0.3) is 0 Å². The average Bonchev–Trinajstić information content (AvgIpc) is 2.96. The molecule has 1 aliphatic rings. The molecule has 1 fully saturated rings. The van der Waals surface area contributed by atoms with Crippen LogP contribution in [0.5, 0.6) is 0 Å². The third-order valence-electron chi connectivity index (χ3n) is 5.31. The van der Waals surface area contributed by atoms with Crippen LogP contribution in [0.25, 0.3) is 10.9 Å². The van der Waals surface area contributed by atoms with Gasteiger partial charge in [0.15, 0.2) is 0 Å². The van der Waals surface area contributed by atoms with Gasteiger partial charge < -0.3 is 14.4 Å². The van der Waals surface area contributed by atoms with Crippen molar-refractivity contribution in [1.82, 2.24) is 19.3 Å². The Balaban J connectivity index is 1.65. The summed E-state index contributed by atoms with van der Waals surface area (Å²) in [6, 6.07) is 8.02. The van der Waals surface area contributed by atoms with Crippen LogP contribution in [0.4, 0.5) is 0 Å². The van der Waals surface area contributed by atoms with Gasteiger partial charge in [-0.3, -0.25) is 14.5 Å². The molecule has 0 N–H and O–H groups in total. The van der Waals surface area contributed by atoms with Gasteiger partial charge in [0, 0.05) is 64.3 Å². The number of fused-ring (bicyclic) bond motifs is 1. The molecule has 0 saturated carbocycles. The molecule has 1 aromatic carbocycles. The highest BCUT2D eigenvalue weighted by Gasteiger charge is 2.32. The molecule has 6 nitrogen and oxygen atoms in total. The number of aromatic nitrogens is 1. The molecule has 0 aliphatic carbocycles. The van der Waals surface area contributed by atoms with Crippen LogP contribution in [0.3, 0.4) is 0 Å². The summed E-state index contributed by atoms with van der Waals surface area (Å²) in [5.74, 6) is 0.182. The molecule has 0 radical (unpaired) electrons. The number of carbonyl (C=O) groups excluding carboxylic acids is 2. The third-order valence-corrected chi connectivity index (χ3v) is 5.31. The van der Waals surface area contributed by atoms with E-state index in [4.69, 9.17) is 0 Å². The zero-order valence-electron chi connectivity index (χ0n) is 16.1. The standard InChI is InChI=1S/C20H28N4O2/c1-21(2)20(26)18-14-24(12-11-22(18)3)19(25)10-9-15-13-23(4)17-8-6-5-7-16(15)17/h5-8,13,18H,9-12,14H2,1-4H3/t18-/m1/s1. The van der Waals surface area contributed by atoms with E-state index in [9.17, 15) is 9.59 Å². The van der Waals surface area contributed by atoms with E-state index in [2.05, 4.69) is 22.9 Å². The minimum atomic E-state index is -0.250. The van der Waals surface area contributed by atoms with E-state index in [1.165, 1.54) is 16.5 Å². The molecule has 0 spiro atoms. The zero-order valence-corrected chi connectivity index (χ0v) is 16.1. The normalized spacial score (nSPS) is 18.3. The molecule has 6 heteroatoms. The van der Waals surface area contributed by atoms with Crippen molar-refractivity contribution in [2.45, 2.75) is 18.9 Å². The Morgan fingerprint density at radius 1 is 1.15 bits per heavy atom. The maximum atomic E-state index is 12.7. The molecule has 2 heterocycles. The lowest BCUT2D eigenvalue weighted by Crippen LogP contribution is -2.58. The number of hydrogen-bond acceptors (Lipinski definition) is 3. The van der Waals surface area contributed by atoms with Gasteiger partial charge in [0.05, 0.1) is 0 Å². The first-order valence-electron chi connectivity index (χ1n) is 9.10. The fourth-order valence-electron chi connectivity index (χ4n) is 3.69. The number of nitrogens with zero attached hydrogens (tertiary/aromatic N) is 4. The second kappa shape index (κ2) is 7.50. The highest BCUT2D eigenvalue weighted by Crippen LogP contribution is 2.22. The monoisotopic (exact) mass is 356 g/mol. The fraction of sp³-hybridized carbons (Fsp3) is 0.500. The van der Waals surface area contributed by atoms with Crippen LogP contribution >= 0.6 is 0 Å². The highest BCUT2D eigenvalue weighted by atomic mass is 16.2. The van der Waals surface area contributed by atoms with Gasteiger partial charge in [-0.2, -0.15) is 0 Å². The van der Waals surface area contributed by atoms with Gasteiger partial charge in [-0.05, 0) is 25.1 Å². The Kier molecular flexibility index (Phi) is 5.32. The van der Waals surface area contributed by atoms with Gasteiger partial charge in [0.2, 0.25) is 11.8 Å². The quantitative estimate of drug-likeness (QED) is 0.831. The van der Waals surface area contributed by atoms with Crippen LogP contribution in [0.2, 0.25) is 0 Å². The second-order valence-electron chi connectivity index (χ2n) is 7.35. The number of likely N-dealkylation sites (N-methyl/N-ethyl adjacent to an activating group) is 2. The van der Waals surface area contributed by atoms with Crippen molar-refractivity contribution in [3.63, 3.8) is 0 Å². The van der Waals surface area contributed by atoms with Crippen LogP contribution in [0.15, 0.2) is 30.5 Å². The number of aryl methyl sites for hydroxylation is 2. The molecule has 1 saturated heterocycles. The molecular weight excluding hydrogens is 328 g/mol. The summed E-state index contributed by atoms with van der Waals surface area (Å²) in [5, 5.41) is 1.21. The predicted octanol–water partition coefficient (Wildman–Crippen LogP) is 1.34. The van der Waals surface area contributed by atoms with E-state index in [1.54, 1.807) is 19.0 Å². The van der Waals surface area contributed by atoms with Crippen LogP contribution in [0, 0.1) is 0 Å². The third kappa shape index (κ3) is 3.60. The lowest BCUT2D eigenvalue weighted by atomic mass is 10.1. The molecule has 26 heavy (non-hydrogen) atoms. The molecule has 3 rings (SSSR count). The summed E-state index contributed by atoms with van der Waals surface area (Å²) in [6.45, 7) is 1.88. The number of amides is 2. The van der Waals surface area contributed by atoms with Crippen molar-refractivity contribution in [2.75, 3.05) is 40.8 Å². The smallest absolute Gasteiger partial charge is 0.241 e. The molecular formula is C20H28N4O2. The van der Waals surface area contributed by atoms with E-state index in [-0.39, 0.29) is 17.9 Å². The van der Waals surface area contributed by atoms with Crippen molar-refractivity contribution in [3.05, 3.63) is 36.0 Å². The topological polar surface area (TPSA) is 48.8 Å². The lowest BCUT2D eigenvalue weighted by Gasteiger charge is -2.39. The summed E-state index contributed by atoms with van der Waals surface area (Å²) < 4.78 is 2.11. The number of carbonyl (C=O) groups is 2. The Bertz CT molecular complexity index is 811. The maximum absolute atomic E-state index is 12.7. The summed E-state index contributed by atoms with van der Waals surface area (Å²) in [5.41, 5.74) is 2.39. The molecule has 140 valence electrons. The molecule has 1 aromatic heterocycles. The second-order valence-corrected chi connectivity index (χ2v) is 7.35. The van der Waals surface area contributed by atoms with Crippen LogP contribution in [-0.2, 0) is 23.1 Å². The molecule has 0 unspecified atom stereocenters. The van der Waals surface area contributed by atoms with Crippen LogP contribution in [0.1, 0.15) is 12.0 Å². The molecule has 1 atom stereocenters. The molecule has 2 amide bonds. The number of hydrogen-bond donors (Lipinski definition) is 0. The minimum Gasteiger partial charge on any atom is -0.350 e. The average molecular weight is 356 g/mol. The Labute approximate surface area is 155 Å². The lowest BCUT2D eigenvalue weighted by molar-refractivity contribution is -0.141. The van der Waals surface area contributed by atoms with Crippen molar-refractivity contribution in [1.29, 1.82) is 0 Å². The van der Waals surface area contributed by atoms with Crippen molar-refractivity contribution >= 4 is 22.7 Å². The fourth-order valence-corrected chi connectivity index (χ4v) is 3.69. The molecule has 1 aliphatic heterocycles. The van der Waals surface area contributed by atoms with E-state index >= 15 is 0 Å². The van der Waals surface area contributed by atoms with Gasteiger partial charge in [-0.15, -0.1) is 0 Å². The highest BCUT2D eigenvalue weighted by molar-refractivity contribution is 5.86. The Morgan fingerprint density at radius 2 is 1.88 bits per heavy atom. The molecule has 2 aromatic rings. The Morgan fingerprint density at radius 3 is 2.62 bits per heavy atom. The molecule has 0 bridgehead atoms. The van der Waals surface area contributed by atoms with Crippen LogP contribution < -0.4 is 0 Å². The van der Waals surface area contributed by atoms with E-state index in [0.717, 1.165) is 13.0 Å². The van der Waals surface area contributed by atoms with Gasteiger partial charge in [0.1, 0.15) is 6.04 Å². The summed E-state index contributed by atoms with van der Waals surface area (Å²) in [6.07, 6.45) is 3.31. The summed E-state index contributed by atoms with van der Waals surface area (Å²) >= 11 is 0. The van der Waals surface area contributed by atoms with Gasteiger partial charge in [-0.1, -0.05) is 18.2 Å². The maximum Gasteiger partial charge on any atom is 0.241 e. The zero-order chi connectivity index (χ0) is 18.8. The van der Waals surface area contributed by atoms with E-state index < -0.39 is 0 Å². The first-order valence-corrected chi connectivity index (χ1v) is 9.10. The Hall–Kier alpha value is -2.34. The predicted molar refractivity (Wildman–Crippen MR) is 103 cm³/mol. The number of para-hydroxylation sites is 1. The van der Waals surface area contributed by atoms with Crippen LogP contribution in [-0.4, -0.2) is 77.9 Å². The SMILES string of the molecule is CN(C)C(=O)[C@H]1CN(C(=O)CCc2cn(C)c3ccccc23)CCN1C. The summed E-state index contributed by atoms with van der Waals surface area (Å²) in [4.78, 5) is 30.6. The van der Waals surface area contributed by atoms with Crippen molar-refractivity contribution in [2.24, 2.45) is 7.05 Å². The number of benzene rings is 1. The first kappa shape index (κ1) is 18.5. The van der Waals surface area contributed by atoms with Crippen molar-refractivity contribution < 1.29 is 9.59 Å². The summed E-state index contributed by atoms with van der Waals surface area (Å²) in [7, 11) is 7.50.